The van der Waals surface area contributed by atoms with Crippen LogP contribution in [0.1, 0.15) is 25.7 Å². The van der Waals surface area contributed by atoms with Crippen molar-refractivity contribution in [3.63, 3.8) is 0 Å². The molecule has 1 unspecified atom stereocenters. The number of aliphatic imine (C=N–C) groups is 1. The molecule has 7 nitrogen and oxygen atoms in total. The first-order valence-corrected chi connectivity index (χ1v) is 9.78. The second-order valence-electron chi connectivity index (χ2n) is 6.62. The number of imide groups is 1. The fraction of sp³-hybridized carbons (Fsp3) is 0.562. The highest BCUT2D eigenvalue weighted by molar-refractivity contribution is 7.90. The van der Waals surface area contributed by atoms with E-state index in [1.807, 2.05) is 0 Å². The molecule has 4 rings (SSSR count). The molecule has 0 aromatic rings. The van der Waals surface area contributed by atoms with Crippen molar-refractivity contribution in [1.82, 2.24) is 9.21 Å². The molecule has 1 saturated heterocycles. The third-order valence-corrected chi connectivity index (χ3v) is 7.43. The van der Waals surface area contributed by atoms with Gasteiger partial charge < -0.3 is 0 Å². The van der Waals surface area contributed by atoms with Crippen LogP contribution in [0.3, 0.4) is 0 Å². The normalized spacial score (nSPS) is 28.9. The Balaban J connectivity index is 1.48. The van der Waals surface area contributed by atoms with Gasteiger partial charge in [0.25, 0.3) is 0 Å². The number of allylic oxidation sites excluding steroid dienone is 3. The van der Waals surface area contributed by atoms with E-state index in [-0.39, 0.29) is 17.2 Å². The number of nitrogens with zero attached hydrogens (tertiary/aromatic N) is 3. The highest BCUT2D eigenvalue weighted by Gasteiger charge is 2.44. The van der Waals surface area contributed by atoms with Crippen molar-refractivity contribution in [3.8, 4) is 0 Å². The van der Waals surface area contributed by atoms with E-state index in [1.54, 1.807) is 24.3 Å². The number of sulfonamides is 1. The summed E-state index contributed by atoms with van der Waals surface area (Å²) < 4.78 is 26.1. The third-order valence-electron chi connectivity index (χ3n) is 5.03. The van der Waals surface area contributed by atoms with Gasteiger partial charge in [-0.15, -0.1) is 0 Å². The molecule has 0 aromatic heterocycles. The Morgan fingerprint density at radius 3 is 2.42 bits per heavy atom. The summed E-state index contributed by atoms with van der Waals surface area (Å²) in [6.45, 7) is 0.717. The van der Waals surface area contributed by atoms with Crippen LogP contribution in [0.5, 0.6) is 0 Å². The Labute approximate surface area is 140 Å². The van der Waals surface area contributed by atoms with Gasteiger partial charge in [-0.05, 0) is 31.8 Å². The van der Waals surface area contributed by atoms with Crippen molar-refractivity contribution in [1.29, 1.82) is 0 Å². The molecule has 2 fully saturated rings. The Morgan fingerprint density at radius 2 is 1.75 bits per heavy atom. The molecule has 0 radical (unpaired) electrons. The Bertz CT molecular complexity index is 771. The number of carbonyl (C=O) groups is 2. The molecular weight excluding hydrogens is 330 g/mol. The van der Waals surface area contributed by atoms with E-state index in [1.165, 1.54) is 9.21 Å². The van der Waals surface area contributed by atoms with Crippen LogP contribution in [0.25, 0.3) is 0 Å². The van der Waals surface area contributed by atoms with Gasteiger partial charge >= 0.3 is 6.03 Å². The van der Waals surface area contributed by atoms with Crippen molar-refractivity contribution in [2.75, 3.05) is 13.1 Å². The topological polar surface area (TPSA) is 87.1 Å². The van der Waals surface area contributed by atoms with Crippen LogP contribution in [0.15, 0.2) is 29.3 Å². The lowest BCUT2D eigenvalue weighted by atomic mass is 9.93. The Hall–Kier alpha value is -1.80. The number of urea groups is 1. The van der Waals surface area contributed by atoms with Crippen molar-refractivity contribution < 1.29 is 18.0 Å². The maximum Gasteiger partial charge on any atom is 0.350 e. The highest BCUT2D eigenvalue weighted by Crippen LogP contribution is 2.33. The first kappa shape index (κ1) is 15.7. The summed E-state index contributed by atoms with van der Waals surface area (Å²) in [7, 11) is -3.19. The minimum absolute atomic E-state index is 0.223. The summed E-state index contributed by atoms with van der Waals surface area (Å²) in [4.78, 5) is 30.2. The molecule has 3 amide bonds. The van der Waals surface area contributed by atoms with Gasteiger partial charge in [0.15, 0.2) is 0 Å². The Morgan fingerprint density at radius 1 is 1.04 bits per heavy atom. The SMILES string of the molecule is O=C1N=C2C=CC=CC2C(=O)N1C1CCN(S(=O)(=O)C2CC2)CC1. The molecule has 8 heteroatoms. The fourth-order valence-corrected chi connectivity index (χ4v) is 5.40. The van der Waals surface area contributed by atoms with Crippen LogP contribution in [-0.4, -0.2) is 59.7 Å². The van der Waals surface area contributed by atoms with Gasteiger partial charge in [0.1, 0.15) is 0 Å². The van der Waals surface area contributed by atoms with E-state index in [0.717, 1.165) is 12.8 Å². The quantitative estimate of drug-likeness (QED) is 0.763. The largest absolute Gasteiger partial charge is 0.350 e. The molecule has 2 heterocycles. The van der Waals surface area contributed by atoms with Crippen LogP contribution in [0, 0.1) is 5.92 Å². The molecule has 4 aliphatic rings. The van der Waals surface area contributed by atoms with Gasteiger partial charge in [0.05, 0.1) is 16.9 Å². The highest BCUT2D eigenvalue weighted by atomic mass is 32.2. The maximum atomic E-state index is 12.7. The second kappa shape index (κ2) is 5.63. The van der Waals surface area contributed by atoms with Crippen LogP contribution in [0.2, 0.25) is 0 Å². The molecule has 2 aliphatic carbocycles. The molecule has 128 valence electrons. The molecule has 0 bridgehead atoms. The zero-order chi connectivity index (χ0) is 16.9. The van der Waals surface area contributed by atoms with Gasteiger partial charge in [0, 0.05) is 19.1 Å². The molecule has 24 heavy (non-hydrogen) atoms. The van der Waals surface area contributed by atoms with Crippen molar-refractivity contribution >= 4 is 27.7 Å². The zero-order valence-electron chi connectivity index (χ0n) is 13.2. The third kappa shape index (κ3) is 2.53. The van der Waals surface area contributed by atoms with Crippen LogP contribution in [-0.2, 0) is 14.8 Å². The molecular formula is C16H19N3O4S. The fourth-order valence-electron chi connectivity index (χ4n) is 3.52. The van der Waals surface area contributed by atoms with E-state index in [9.17, 15) is 18.0 Å². The monoisotopic (exact) mass is 349 g/mol. The summed E-state index contributed by atoms with van der Waals surface area (Å²) in [6, 6.07) is -0.810. The lowest BCUT2D eigenvalue weighted by molar-refractivity contribution is -0.131. The summed E-state index contributed by atoms with van der Waals surface area (Å²) in [5, 5.41) is -0.223. The summed E-state index contributed by atoms with van der Waals surface area (Å²) in [5.41, 5.74) is 0.484. The predicted molar refractivity (Wildman–Crippen MR) is 88.0 cm³/mol. The molecule has 0 N–H and O–H groups in total. The molecule has 0 aromatic carbocycles. The maximum absolute atomic E-state index is 12.7. The smallest absolute Gasteiger partial charge is 0.273 e. The standard InChI is InChI=1S/C16H19N3O4S/c20-15-13-3-1-2-4-14(13)17-16(21)19(15)11-7-9-18(10-8-11)24(22,23)12-5-6-12/h1-4,11-13H,5-10H2. The predicted octanol–water partition coefficient (Wildman–Crippen LogP) is 1.09. The number of piperidine rings is 1. The number of carbonyl (C=O) groups excluding carboxylic acids is 2. The van der Waals surface area contributed by atoms with Crippen molar-refractivity contribution in [2.24, 2.45) is 10.9 Å². The Kier molecular flexibility index (Phi) is 3.69. The van der Waals surface area contributed by atoms with Gasteiger partial charge in [-0.2, -0.15) is 4.99 Å². The first-order chi connectivity index (χ1) is 11.5. The van der Waals surface area contributed by atoms with Crippen LogP contribution in [0.4, 0.5) is 4.79 Å². The zero-order valence-corrected chi connectivity index (χ0v) is 14.0. The first-order valence-electron chi connectivity index (χ1n) is 8.28. The van der Waals surface area contributed by atoms with Crippen molar-refractivity contribution in [3.05, 3.63) is 24.3 Å². The van der Waals surface area contributed by atoms with Gasteiger partial charge in [-0.25, -0.2) is 17.5 Å². The van der Waals surface area contributed by atoms with Gasteiger partial charge in [0.2, 0.25) is 15.9 Å². The van der Waals surface area contributed by atoms with E-state index in [4.69, 9.17) is 0 Å². The molecule has 0 spiro atoms. The average Bonchev–Trinajstić information content (AvgIpc) is 3.41. The van der Waals surface area contributed by atoms with Gasteiger partial charge in [-0.1, -0.05) is 18.2 Å². The lowest BCUT2D eigenvalue weighted by Gasteiger charge is -2.38. The summed E-state index contributed by atoms with van der Waals surface area (Å²) in [6.07, 6.45) is 9.39. The molecule has 1 atom stereocenters. The summed E-state index contributed by atoms with van der Waals surface area (Å²) in [5.74, 6) is -0.755. The summed E-state index contributed by atoms with van der Waals surface area (Å²) >= 11 is 0. The lowest BCUT2D eigenvalue weighted by Crippen LogP contribution is -2.54. The number of hydrogen-bond donors (Lipinski definition) is 0. The van der Waals surface area contributed by atoms with Crippen LogP contribution >= 0.6 is 0 Å². The minimum atomic E-state index is -3.19. The molecule has 2 aliphatic heterocycles. The van der Waals surface area contributed by atoms with Crippen LogP contribution < -0.4 is 0 Å². The minimum Gasteiger partial charge on any atom is -0.273 e. The van der Waals surface area contributed by atoms with E-state index in [2.05, 4.69) is 4.99 Å². The van der Waals surface area contributed by atoms with E-state index in [0.29, 0.717) is 31.6 Å². The number of amides is 3. The van der Waals surface area contributed by atoms with Gasteiger partial charge in [-0.3, -0.25) is 9.69 Å². The van der Waals surface area contributed by atoms with E-state index < -0.39 is 22.0 Å². The number of hydrogen-bond acceptors (Lipinski definition) is 4. The average molecular weight is 349 g/mol. The number of fused-ring (bicyclic) bond motifs is 1. The number of rotatable bonds is 3. The van der Waals surface area contributed by atoms with Crippen molar-refractivity contribution in [2.45, 2.75) is 37.0 Å². The van der Waals surface area contributed by atoms with E-state index >= 15 is 0 Å². The second-order valence-corrected chi connectivity index (χ2v) is 8.84. The molecule has 1 saturated carbocycles.